The van der Waals surface area contributed by atoms with E-state index in [9.17, 15) is 5.26 Å². The SMILES string of the molecule is COc1ccc(-c2oc(N=Cc3cc(C)n(-c4ccc(C)c(Cl)c4)c3C)c(C#N)c2-c2ccc(OC)cc2)cc1. The van der Waals surface area contributed by atoms with E-state index >= 15 is 0 Å². The number of methoxy groups -OCH3 is 2. The standard InChI is InChI=1S/C33H28ClN3O3/c1-20-6-11-26(17-30(20)34)37-21(2)16-25(22(37)3)19-36-33-29(18-35)31(23-7-12-27(38-4)13-8-23)32(40-33)24-9-14-28(39-5)15-10-24/h6-17,19H,1-5H3. The van der Waals surface area contributed by atoms with Crippen LogP contribution in [0, 0.1) is 32.1 Å². The number of aromatic nitrogens is 1. The quantitative estimate of drug-likeness (QED) is 0.190. The zero-order chi connectivity index (χ0) is 28.4. The average molecular weight is 550 g/mol. The van der Waals surface area contributed by atoms with Gasteiger partial charge in [-0.15, -0.1) is 0 Å². The molecule has 0 spiro atoms. The molecule has 0 aliphatic carbocycles. The Hall–Kier alpha value is -4.73. The van der Waals surface area contributed by atoms with Gasteiger partial charge in [-0.3, -0.25) is 0 Å². The van der Waals surface area contributed by atoms with Crippen LogP contribution in [0.4, 0.5) is 5.88 Å². The largest absolute Gasteiger partial charge is 0.497 e. The molecule has 0 saturated carbocycles. The first kappa shape index (κ1) is 26.9. The molecule has 0 N–H and O–H groups in total. The maximum absolute atomic E-state index is 10.3. The van der Waals surface area contributed by atoms with Crippen molar-refractivity contribution in [3.8, 4) is 45.7 Å². The fourth-order valence-electron chi connectivity index (χ4n) is 4.76. The van der Waals surface area contributed by atoms with E-state index in [-0.39, 0.29) is 5.88 Å². The molecule has 5 aromatic rings. The van der Waals surface area contributed by atoms with Crippen LogP contribution in [0.25, 0.3) is 28.1 Å². The number of halogens is 1. The lowest BCUT2D eigenvalue weighted by Gasteiger charge is -2.11. The smallest absolute Gasteiger partial charge is 0.238 e. The number of furan rings is 1. The van der Waals surface area contributed by atoms with Crippen LogP contribution in [0.1, 0.15) is 28.1 Å². The summed E-state index contributed by atoms with van der Waals surface area (Å²) in [4.78, 5) is 4.68. The van der Waals surface area contributed by atoms with Gasteiger partial charge in [-0.25, -0.2) is 4.99 Å². The highest BCUT2D eigenvalue weighted by Gasteiger charge is 2.23. The predicted octanol–water partition coefficient (Wildman–Crippen LogP) is 8.62. The van der Waals surface area contributed by atoms with E-state index in [1.165, 1.54) is 0 Å². The molecule has 0 aliphatic rings. The van der Waals surface area contributed by atoms with Crippen LogP contribution in [0.3, 0.4) is 0 Å². The molecular weight excluding hydrogens is 522 g/mol. The van der Waals surface area contributed by atoms with Crippen molar-refractivity contribution in [2.45, 2.75) is 20.8 Å². The third kappa shape index (κ3) is 5.00. The van der Waals surface area contributed by atoms with E-state index in [1.807, 2.05) is 87.5 Å². The molecule has 0 radical (unpaired) electrons. The molecular formula is C33H28ClN3O3. The van der Waals surface area contributed by atoms with E-state index in [2.05, 4.69) is 21.7 Å². The van der Waals surface area contributed by atoms with Gasteiger partial charge in [0.2, 0.25) is 5.88 Å². The molecule has 5 rings (SSSR count). The first-order valence-electron chi connectivity index (χ1n) is 12.7. The monoisotopic (exact) mass is 549 g/mol. The van der Waals surface area contributed by atoms with Gasteiger partial charge in [0.25, 0.3) is 0 Å². The Morgan fingerprint density at radius 1 is 0.875 bits per heavy atom. The van der Waals surface area contributed by atoms with E-state index < -0.39 is 0 Å². The van der Waals surface area contributed by atoms with Gasteiger partial charge in [-0.05, 0) is 86.5 Å². The van der Waals surface area contributed by atoms with Crippen molar-refractivity contribution in [1.29, 1.82) is 5.26 Å². The lowest BCUT2D eigenvalue weighted by Crippen LogP contribution is -1.99. The minimum absolute atomic E-state index is 0.238. The molecule has 0 bridgehead atoms. The Bertz CT molecular complexity index is 1750. The number of hydrogen-bond donors (Lipinski definition) is 0. The minimum atomic E-state index is 0.238. The highest BCUT2D eigenvalue weighted by atomic mass is 35.5. The van der Waals surface area contributed by atoms with Gasteiger partial charge in [0.1, 0.15) is 28.9 Å². The number of nitriles is 1. The molecule has 0 fully saturated rings. The highest BCUT2D eigenvalue weighted by molar-refractivity contribution is 6.31. The molecule has 200 valence electrons. The van der Waals surface area contributed by atoms with E-state index in [0.29, 0.717) is 21.9 Å². The highest BCUT2D eigenvalue weighted by Crippen LogP contribution is 2.43. The Morgan fingerprint density at radius 2 is 1.50 bits per heavy atom. The van der Waals surface area contributed by atoms with Gasteiger partial charge in [-0.1, -0.05) is 29.8 Å². The number of rotatable bonds is 7. The van der Waals surface area contributed by atoms with Gasteiger partial charge in [0.15, 0.2) is 0 Å². The number of aliphatic imine (C=N–C) groups is 1. The van der Waals surface area contributed by atoms with Crippen molar-refractivity contribution < 1.29 is 13.9 Å². The fourth-order valence-corrected chi connectivity index (χ4v) is 4.93. The molecule has 2 heterocycles. The first-order chi connectivity index (χ1) is 19.3. The van der Waals surface area contributed by atoms with Gasteiger partial charge >= 0.3 is 0 Å². The number of benzene rings is 3. The minimum Gasteiger partial charge on any atom is -0.497 e. The number of aryl methyl sites for hydroxylation is 2. The second-order valence-corrected chi connectivity index (χ2v) is 9.82. The summed E-state index contributed by atoms with van der Waals surface area (Å²) in [5, 5.41) is 11.0. The number of hydrogen-bond acceptors (Lipinski definition) is 5. The summed E-state index contributed by atoms with van der Waals surface area (Å²) in [5.41, 5.74) is 7.59. The molecule has 3 aromatic carbocycles. The Morgan fingerprint density at radius 3 is 2.08 bits per heavy atom. The zero-order valence-electron chi connectivity index (χ0n) is 22.9. The third-order valence-corrected chi connectivity index (χ3v) is 7.34. The molecule has 0 saturated heterocycles. The lowest BCUT2D eigenvalue weighted by molar-refractivity contribution is 0.414. The maximum atomic E-state index is 10.3. The summed E-state index contributed by atoms with van der Waals surface area (Å²) in [5.74, 6) is 2.24. The third-order valence-electron chi connectivity index (χ3n) is 6.94. The van der Waals surface area contributed by atoms with Crippen LogP contribution in [0.15, 0.2) is 82.2 Å². The van der Waals surface area contributed by atoms with Gasteiger partial charge < -0.3 is 18.5 Å². The van der Waals surface area contributed by atoms with Gasteiger partial charge in [0.05, 0.1) is 14.2 Å². The van der Waals surface area contributed by atoms with E-state index in [4.69, 9.17) is 25.5 Å². The van der Waals surface area contributed by atoms with Crippen molar-refractivity contribution in [2.75, 3.05) is 14.2 Å². The molecule has 0 unspecified atom stereocenters. The summed E-state index contributed by atoms with van der Waals surface area (Å²) in [6, 6.07) is 25.4. The number of ether oxygens (including phenoxy) is 2. The summed E-state index contributed by atoms with van der Waals surface area (Å²) in [6.07, 6.45) is 1.74. The summed E-state index contributed by atoms with van der Waals surface area (Å²) in [6.45, 7) is 6.05. The molecule has 40 heavy (non-hydrogen) atoms. The molecule has 7 heteroatoms. The normalized spacial score (nSPS) is 11.1. The second-order valence-electron chi connectivity index (χ2n) is 9.41. The van der Waals surface area contributed by atoms with Crippen LogP contribution in [0.2, 0.25) is 5.02 Å². The first-order valence-corrected chi connectivity index (χ1v) is 13.1. The van der Waals surface area contributed by atoms with Crippen molar-refractivity contribution in [3.63, 3.8) is 0 Å². The molecule has 0 amide bonds. The maximum Gasteiger partial charge on any atom is 0.238 e. The molecule has 6 nitrogen and oxygen atoms in total. The lowest BCUT2D eigenvalue weighted by atomic mass is 9.98. The summed E-state index contributed by atoms with van der Waals surface area (Å²) < 4.78 is 19.1. The van der Waals surface area contributed by atoms with Crippen molar-refractivity contribution >= 4 is 23.7 Å². The van der Waals surface area contributed by atoms with E-state index in [0.717, 1.165) is 50.8 Å². The fraction of sp³-hybridized carbons (Fsp3) is 0.152. The second kappa shape index (κ2) is 11.2. The Balaban J connectivity index is 1.61. The van der Waals surface area contributed by atoms with Gasteiger partial charge in [0, 0.05) is 45.0 Å². The van der Waals surface area contributed by atoms with Crippen LogP contribution >= 0.6 is 11.6 Å². The van der Waals surface area contributed by atoms with Crippen molar-refractivity contribution in [3.05, 3.63) is 106 Å². The predicted molar refractivity (Wildman–Crippen MR) is 160 cm³/mol. The van der Waals surface area contributed by atoms with Crippen molar-refractivity contribution in [2.24, 2.45) is 4.99 Å². The van der Waals surface area contributed by atoms with Crippen LogP contribution in [-0.4, -0.2) is 25.0 Å². The zero-order valence-corrected chi connectivity index (χ0v) is 23.7. The molecule has 0 atom stereocenters. The van der Waals surface area contributed by atoms with Crippen LogP contribution in [0.5, 0.6) is 11.5 Å². The summed E-state index contributed by atoms with van der Waals surface area (Å²) in [7, 11) is 3.24. The Kier molecular flexibility index (Phi) is 7.50. The topological polar surface area (TPSA) is 72.7 Å². The summed E-state index contributed by atoms with van der Waals surface area (Å²) >= 11 is 6.41. The average Bonchev–Trinajstić information content (AvgIpc) is 3.49. The molecule has 0 aliphatic heterocycles. The number of nitrogens with zero attached hydrogens (tertiary/aromatic N) is 3. The van der Waals surface area contributed by atoms with Gasteiger partial charge in [-0.2, -0.15) is 5.26 Å². The molecule has 2 aromatic heterocycles. The Labute approximate surface area is 238 Å². The van der Waals surface area contributed by atoms with Crippen molar-refractivity contribution in [1.82, 2.24) is 4.57 Å². The van der Waals surface area contributed by atoms with E-state index in [1.54, 1.807) is 20.4 Å². The van der Waals surface area contributed by atoms with Crippen LogP contribution < -0.4 is 9.47 Å². The van der Waals surface area contributed by atoms with Crippen LogP contribution in [-0.2, 0) is 0 Å².